The first-order chi connectivity index (χ1) is 16.1. The number of anilines is 2. The van der Waals surface area contributed by atoms with Gasteiger partial charge in [-0.15, -0.1) is 11.3 Å². The van der Waals surface area contributed by atoms with Gasteiger partial charge in [0.15, 0.2) is 0 Å². The van der Waals surface area contributed by atoms with Crippen LogP contribution in [0, 0.1) is 13.8 Å². The molecular weight excluding hydrogens is 430 g/mol. The molecule has 1 atom stereocenters. The number of benzene rings is 1. The second-order valence-electron chi connectivity index (χ2n) is 7.85. The van der Waals surface area contributed by atoms with Crippen molar-refractivity contribution in [3.63, 3.8) is 0 Å². The van der Waals surface area contributed by atoms with Crippen LogP contribution >= 0.6 is 11.3 Å². The van der Waals surface area contributed by atoms with E-state index in [-0.39, 0.29) is 11.9 Å². The fourth-order valence-corrected chi connectivity index (χ4v) is 4.63. The summed E-state index contributed by atoms with van der Waals surface area (Å²) < 4.78 is 0. The number of pyridine rings is 2. The number of hydrogen-bond donors (Lipinski definition) is 3. The van der Waals surface area contributed by atoms with Crippen LogP contribution in [0.1, 0.15) is 38.4 Å². The van der Waals surface area contributed by atoms with E-state index < -0.39 is 0 Å². The summed E-state index contributed by atoms with van der Waals surface area (Å²) in [4.78, 5) is 26.0. The third-order valence-electron chi connectivity index (χ3n) is 5.49. The van der Waals surface area contributed by atoms with Gasteiger partial charge in [-0.3, -0.25) is 9.78 Å². The molecule has 0 aliphatic carbocycles. The molecule has 5 rings (SSSR count). The molecule has 0 spiro atoms. The number of rotatable bonds is 6. The number of hydrogen-bond acceptors (Lipinski definition) is 5. The number of carbonyl (C=O) groups excluding carboxylic acids is 1. The standard InChI is InChI=1S/C26H23N5OS/c1-16-7-5-10-23(28-16)31-25(21-8-3-4-13-27-21)24-17(2)29-20-12-11-18(15-19(20)24)30-26(32)22-9-6-14-33-22/h3-15,25,29H,1-2H3,(H,28,31)(H,30,32). The Balaban J connectivity index is 1.58. The molecule has 1 aromatic carbocycles. The fourth-order valence-electron chi connectivity index (χ4n) is 4.01. The Labute approximate surface area is 195 Å². The van der Waals surface area contributed by atoms with Crippen LogP contribution in [0.15, 0.2) is 78.3 Å². The lowest BCUT2D eigenvalue weighted by Crippen LogP contribution is -2.15. The van der Waals surface area contributed by atoms with Crippen molar-refractivity contribution in [3.8, 4) is 0 Å². The number of fused-ring (bicyclic) bond motifs is 1. The molecule has 0 aliphatic heterocycles. The van der Waals surface area contributed by atoms with Crippen LogP contribution in [0.3, 0.4) is 0 Å². The molecule has 0 saturated heterocycles. The third kappa shape index (κ3) is 4.36. The van der Waals surface area contributed by atoms with Gasteiger partial charge < -0.3 is 15.6 Å². The molecular formula is C26H23N5OS. The van der Waals surface area contributed by atoms with Crippen molar-refractivity contribution in [2.24, 2.45) is 0 Å². The Morgan fingerprint density at radius 3 is 2.70 bits per heavy atom. The van der Waals surface area contributed by atoms with E-state index >= 15 is 0 Å². The van der Waals surface area contributed by atoms with Gasteiger partial charge >= 0.3 is 0 Å². The zero-order valence-corrected chi connectivity index (χ0v) is 19.1. The smallest absolute Gasteiger partial charge is 0.265 e. The lowest BCUT2D eigenvalue weighted by atomic mass is 9.99. The molecule has 0 aliphatic rings. The maximum Gasteiger partial charge on any atom is 0.265 e. The summed E-state index contributed by atoms with van der Waals surface area (Å²) in [6.45, 7) is 4.03. The minimum Gasteiger partial charge on any atom is -0.358 e. The highest BCUT2D eigenvalue weighted by atomic mass is 32.1. The fraction of sp³-hybridized carbons (Fsp3) is 0.115. The number of thiophene rings is 1. The van der Waals surface area contributed by atoms with Crippen LogP contribution < -0.4 is 10.6 Å². The van der Waals surface area contributed by atoms with Crippen LogP contribution in [0.25, 0.3) is 10.9 Å². The Morgan fingerprint density at radius 1 is 1.03 bits per heavy atom. The Morgan fingerprint density at radius 2 is 1.94 bits per heavy atom. The van der Waals surface area contributed by atoms with Gasteiger partial charge in [-0.1, -0.05) is 18.2 Å². The van der Waals surface area contributed by atoms with Crippen molar-refractivity contribution in [2.45, 2.75) is 19.9 Å². The Bertz CT molecular complexity index is 1410. The summed E-state index contributed by atoms with van der Waals surface area (Å²) in [7, 11) is 0. The van der Waals surface area contributed by atoms with Crippen LogP contribution in [0.2, 0.25) is 0 Å². The summed E-state index contributed by atoms with van der Waals surface area (Å²) in [5.74, 6) is 0.670. The molecule has 33 heavy (non-hydrogen) atoms. The van der Waals surface area contributed by atoms with Crippen LogP contribution in [-0.4, -0.2) is 20.9 Å². The van der Waals surface area contributed by atoms with Crippen molar-refractivity contribution >= 4 is 39.7 Å². The summed E-state index contributed by atoms with van der Waals surface area (Å²) in [5.41, 5.74) is 5.67. The maximum atomic E-state index is 12.6. The molecule has 5 aromatic rings. The van der Waals surface area contributed by atoms with E-state index in [0.29, 0.717) is 4.88 Å². The molecule has 0 radical (unpaired) electrons. The van der Waals surface area contributed by atoms with Crippen molar-refractivity contribution in [1.82, 2.24) is 15.0 Å². The first kappa shape index (κ1) is 20.9. The summed E-state index contributed by atoms with van der Waals surface area (Å²) >= 11 is 1.42. The predicted octanol–water partition coefficient (Wildman–Crippen LogP) is 6.09. The van der Waals surface area contributed by atoms with E-state index in [1.54, 1.807) is 6.20 Å². The zero-order valence-electron chi connectivity index (χ0n) is 18.3. The highest BCUT2D eigenvalue weighted by Gasteiger charge is 2.23. The molecule has 4 heterocycles. The number of aromatic nitrogens is 3. The van der Waals surface area contributed by atoms with Crippen molar-refractivity contribution in [2.75, 3.05) is 10.6 Å². The topological polar surface area (TPSA) is 82.7 Å². The molecule has 1 amide bonds. The number of amides is 1. The Kier molecular flexibility index (Phi) is 5.62. The summed E-state index contributed by atoms with van der Waals surface area (Å²) in [6, 6.07) is 21.2. The maximum absolute atomic E-state index is 12.6. The van der Waals surface area contributed by atoms with Crippen LogP contribution in [-0.2, 0) is 0 Å². The molecule has 6 nitrogen and oxygen atoms in total. The third-order valence-corrected chi connectivity index (χ3v) is 6.36. The quantitative estimate of drug-likeness (QED) is 0.290. The largest absolute Gasteiger partial charge is 0.358 e. The number of carbonyl (C=O) groups is 1. The van der Waals surface area contributed by atoms with Gasteiger partial charge in [-0.2, -0.15) is 0 Å². The molecule has 0 fully saturated rings. The normalized spacial score (nSPS) is 11.9. The van der Waals surface area contributed by atoms with E-state index in [0.717, 1.165) is 45.1 Å². The molecule has 164 valence electrons. The van der Waals surface area contributed by atoms with E-state index in [2.05, 4.69) is 32.5 Å². The van der Waals surface area contributed by atoms with Gasteiger partial charge in [-0.25, -0.2) is 4.98 Å². The highest BCUT2D eigenvalue weighted by Crippen LogP contribution is 2.35. The second kappa shape index (κ2) is 8.88. The van der Waals surface area contributed by atoms with E-state index in [1.807, 2.05) is 79.0 Å². The number of nitrogens with one attached hydrogen (secondary N) is 3. The molecule has 0 saturated carbocycles. The van der Waals surface area contributed by atoms with Gasteiger partial charge in [0.1, 0.15) is 5.82 Å². The highest BCUT2D eigenvalue weighted by molar-refractivity contribution is 7.12. The number of nitrogens with zero attached hydrogens (tertiary/aromatic N) is 2. The SMILES string of the molecule is Cc1cccc(NC(c2ccccn2)c2c(C)[nH]c3ccc(NC(=O)c4cccs4)cc23)n1. The number of aryl methyl sites for hydroxylation is 2. The van der Waals surface area contributed by atoms with E-state index in [9.17, 15) is 4.79 Å². The lowest BCUT2D eigenvalue weighted by molar-refractivity contribution is 0.103. The number of aromatic amines is 1. The minimum absolute atomic E-state index is 0.110. The summed E-state index contributed by atoms with van der Waals surface area (Å²) in [5, 5.41) is 9.51. The van der Waals surface area contributed by atoms with Crippen molar-refractivity contribution < 1.29 is 4.79 Å². The van der Waals surface area contributed by atoms with Gasteiger partial charge in [0.05, 0.1) is 16.6 Å². The molecule has 1 unspecified atom stereocenters. The molecule has 4 aromatic heterocycles. The van der Waals surface area contributed by atoms with E-state index in [4.69, 9.17) is 0 Å². The first-order valence-corrected chi connectivity index (χ1v) is 11.5. The monoisotopic (exact) mass is 453 g/mol. The predicted molar refractivity (Wildman–Crippen MR) is 134 cm³/mol. The molecule has 3 N–H and O–H groups in total. The lowest BCUT2D eigenvalue weighted by Gasteiger charge is -2.20. The average molecular weight is 454 g/mol. The van der Waals surface area contributed by atoms with Crippen LogP contribution in [0.5, 0.6) is 0 Å². The second-order valence-corrected chi connectivity index (χ2v) is 8.80. The van der Waals surface area contributed by atoms with Crippen molar-refractivity contribution in [1.29, 1.82) is 0 Å². The van der Waals surface area contributed by atoms with Gasteiger partial charge in [-0.05, 0) is 67.8 Å². The van der Waals surface area contributed by atoms with Crippen molar-refractivity contribution in [3.05, 3.63) is 106 Å². The average Bonchev–Trinajstić information content (AvgIpc) is 3.46. The zero-order chi connectivity index (χ0) is 22.8. The van der Waals surface area contributed by atoms with Gasteiger partial charge in [0, 0.05) is 39.7 Å². The number of H-pyrrole nitrogens is 1. The molecule has 0 bridgehead atoms. The van der Waals surface area contributed by atoms with Gasteiger partial charge in [0.25, 0.3) is 5.91 Å². The van der Waals surface area contributed by atoms with E-state index in [1.165, 1.54) is 11.3 Å². The van der Waals surface area contributed by atoms with Gasteiger partial charge in [0.2, 0.25) is 0 Å². The minimum atomic E-state index is -0.225. The summed E-state index contributed by atoms with van der Waals surface area (Å²) in [6.07, 6.45) is 1.80. The Hall–Kier alpha value is -3.97. The first-order valence-electron chi connectivity index (χ1n) is 10.7. The molecule has 7 heteroatoms. The van der Waals surface area contributed by atoms with Crippen LogP contribution in [0.4, 0.5) is 11.5 Å².